The van der Waals surface area contributed by atoms with E-state index < -0.39 is 0 Å². The number of benzene rings is 1. The Labute approximate surface area is 155 Å². The second-order valence-corrected chi connectivity index (χ2v) is 8.49. The molecule has 0 radical (unpaired) electrons. The Kier molecular flexibility index (Phi) is 6.76. The van der Waals surface area contributed by atoms with Crippen molar-refractivity contribution in [2.24, 2.45) is 5.41 Å². The fraction of sp³-hybridized carbons (Fsp3) is 0.579. The lowest BCUT2D eigenvalue weighted by Gasteiger charge is -2.35. The lowest BCUT2D eigenvalue weighted by atomic mass is 9.97. The molecule has 3 amide bonds. The highest BCUT2D eigenvalue weighted by Gasteiger charge is 2.24. The van der Waals surface area contributed by atoms with E-state index in [1.54, 1.807) is 16.7 Å². The van der Waals surface area contributed by atoms with Crippen LogP contribution in [0.3, 0.4) is 0 Å². The first-order valence-electron chi connectivity index (χ1n) is 8.72. The van der Waals surface area contributed by atoms with Crippen LogP contribution in [0.1, 0.15) is 26.3 Å². The van der Waals surface area contributed by atoms with Gasteiger partial charge in [-0.3, -0.25) is 4.79 Å². The van der Waals surface area contributed by atoms with Crippen LogP contribution in [0.2, 0.25) is 0 Å². The molecule has 1 saturated heterocycles. The summed E-state index contributed by atoms with van der Waals surface area (Å²) >= 11 is 1.69. The van der Waals surface area contributed by atoms with Crippen LogP contribution in [-0.4, -0.2) is 60.7 Å². The topological polar surface area (TPSA) is 52.7 Å². The van der Waals surface area contributed by atoms with Gasteiger partial charge in [0, 0.05) is 37.6 Å². The number of rotatable bonds is 4. The number of carbonyl (C=O) groups is 2. The third kappa shape index (κ3) is 6.27. The molecule has 1 heterocycles. The highest BCUT2D eigenvalue weighted by Crippen LogP contribution is 2.16. The predicted molar refractivity (Wildman–Crippen MR) is 103 cm³/mol. The predicted octanol–water partition coefficient (Wildman–Crippen LogP) is 2.85. The van der Waals surface area contributed by atoms with Gasteiger partial charge in [0.15, 0.2) is 0 Å². The van der Waals surface area contributed by atoms with Crippen molar-refractivity contribution in [3.63, 3.8) is 0 Å². The second kappa shape index (κ2) is 8.61. The van der Waals surface area contributed by atoms with E-state index in [9.17, 15) is 9.59 Å². The Morgan fingerprint density at radius 2 is 1.60 bits per heavy atom. The molecule has 1 aliphatic rings. The van der Waals surface area contributed by atoms with Crippen LogP contribution < -0.4 is 5.32 Å². The summed E-state index contributed by atoms with van der Waals surface area (Å²) in [6.07, 6.45) is 2.46. The van der Waals surface area contributed by atoms with Gasteiger partial charge in [0.2, 0.25) is 5.91 Å². The minimum atomic E-state index is -0.0327. The zero-order chi connectivity index (χ0) is 18.4. The third-order valence-corrected chi connectivity index (χ3v) is 4.95. The quantitative estimate of drug-likeness (QED) is 0.837. The van der Waals surface area contributed by atoms with Crippen LogP contribution in [0.15, 0.2) is 29.2 Å². The number of hydrogen-bond acceptors (Lipinski definition) is 3. The van der Waals surface area contributed by atoms with E-state index in [1.165, 1.54) is 4.90 Å². The molecular weight excluding hydrogens is 334 g/mol. The van der Waals surface area contributed by atoms with E-state index in [-0.39, 0.29) is 17.4 Å². The molecule has 25 heavy (non-hydrogen) atoms. The molecule has 2 rings (SSSR count). The molecular formula is C19H29N3O2S. The summed E-state index contributed by atoms with van der Waals surface area (Å²) in [4.78, 5) is 29.5. The van der Waals surface area contributed by atoms with Crippen LogP contribution in [0.4, 0.5) is 4.79 Å². The molecule has 138 valence electrons. The Hall–Kier alpha value is -1.69. The first kappa shape index (κ1) is 19.6. The fourth-order valence-corrected chi connectivity index (χ4v) is 3.05. The van der Waals surface area contributed by atoms with Crippen molar-refractivity contribution >= 4 is 23.7 Å². The number of nitrogens with one attached hydrogen (secondary N) is 1. The zero-order valence-corrected chi connectivity index (χ0v) is 16.5. The minimum absolute atomic E-state index is 0.0327. The SMILES string of the molecule is CSc1ccc(CC(=O)N2CCN(C(=O)NCC(C)(C)C)CC2)cc1. The molecule has 0 bridgehead atoms. The van der Waals surface area contributed by atoms with Gasteiger partial charge in [-0.2, -0.15) is 0 Å². The van der Waals surface area contributed by atoms with Gasteiger partial charge in [0.05, 0.1) is 6.42 Å². The van der Waals surface area contributed by atoms with E-state index in [2.05, 4.69) is 26.1 Å². The van der Waals surface area contributed by atoms with Crippen molar-refractivity contribution in [2.45, 2.75) is 32.1 Å². The smallest absolute Gasteiger partial charge is 0.317 e. The summed E-state index contributed by atoms with van der Waals surface area (Å²) in [6, 6.07) is 8.09. The molecule has 0 spiro atoms. The summed E-state index contributed by atoms with van der Waals surface area (Å²) < 4.78 is 0. The van der Waals surface area contributed by atoms with Gasteiger partial charge in [0.1, 0.15) is 0 Å². The van der Waals surface area contributed by atoms with Crippen molar-refractivity contribution < 1.29 is 9.59 Å². The van der Waals surface area contributed by atoms with Gasteiger partial charge in [-0.25, -0.2) is 4.79 Å². The Morgan fingerprint density at radius 1 is 1.04 bits per heavy atom. The van der Waals surface area contributed by atoms with Crippen molar-refractivity contribution in [1.82, 2.24) is 15.1 Å². The third-order valence-electron chi connectivity index (χ3n) is 4.20. The lowest BCUT2D eigenvalue weighted by Crippen LogP contribution is -2.54. The molecule has 1 N–H and O–H groups in total. The Balaban J connectivity index is 1.78. The minimum Gasteiger partial charge on any atom is -0.339 e. The molecule has 1 aromatic carbocycles. The molecule has 1 aliphatic heterocycles. The largest absolute Gasteiger partial charge is 0.339 e. The molecule has 5 nitrogen and oxygen atoms in total. The van der Waals surface area contributed by atoms with Crippen LogP contribution in [-0.2, 0) is 11.2 Å². The van der Waals surface area contributed by atoms with Gasteiger partial charge in [-0.1, -0.05) is 32.9 Å². The molecule has 0 aromatic heterocycles. The molecule has 0 saturated carbocycles. The molecule has 0 atom stereocenters. The van der Waals surface area contributed by atoms with E-state index in [1.807, 2.05) is 35.4 Å². The van der Waals surface area contributed by atoms with Crippen molar-refractivity contribution in [3.05, 3.63) is 29.8 Å². The number of urea groups is 1. The average molecular weight is 364 g/mol. The van der Waals surface area contributed by atoms with E-state index in [0.29, 0.717) is 39.1 Å². The summed E-state index contributed by atoms with van der Waals surface area (Å²) in [5.74, 6) is 0.131. The van der Waals surface area contributed by atoms with Gasteiger partial charge < -0.3 is 15.1 Å². The molecule has 6 heteroatoms. The first-order valence-corrected chi connectivity index (χ1v) is 9.94. The standard InChI is InChI=1S/C19H29N3O2S/c1-19(2,3)14-20-18(24)22-11-9-21(10-12-22)17(23)13-15-5-7-16(25-4)8-6-15/h5-8H,9-14H2,1-4H3,(H,20,24). The van der Waals surface area contributed by atoms with Crippen LogP contribution in [0, 0.1) is 5.41 Å². The first-order chi connectivity index (χ1) is 11.8. The van der Waals surface area contributed by atoms with Gasteiger partial charge in [-0.05, 0) is 29.4 Å². The fourth-order valence-electron chi connectivity index (χ4n) is 2.64. The monoisotopic (exact) mass is 363 g/mol. The number of amides is 3. The molecule has 0 aliphatic carbocycles. The normalized spacial score (nSPS) is 15.2. The maximum atomic E-state index is 12.5. The number of piperazine rings is 1. The van der Waals surface area contributed by atoms with Crippen LogP contribution in [0.25, 0.3) is 0 Å². The van der Waals surface area contributed by atoms with Crippen LogP contribution >= 0.6 is 11.8 Å². The average Bonchev–Trinajstić information content (AvgIpc) is 2.60. The van der Waals surface area contributed by atoms with Gasteiger partial charge in [0.25, 0.3) is 0 Å². The summed E-state index contributed by atoms with van der Waals surface area (Å²) in [7, 11) is 0. The maximum absolute atomic E-state index is 12.5. The number of nitrogens with zero attached hydrogens (tertiary/aromatic N) is 2. The number of hydrogen-bond donors (Lipinski definition) is 1. The van der Waals surface area contributed by atoms with E-state index in [4.69, 9.17) is 0 Å². The highest BCUT2D eigenvalue weighted by molar-refractivity contribution is 7.98. The number of carbonyl (C=O) groups excluding carboxylic acids is 2. The lowest BCUT2D eigenvalue weighted by molar-refractivity contribution is -0.131. The van der Waals surface area contributed by atoms with Crippen molar-refractivity contribution in [1.29, 1.82) is 0 Å². The summed E-state index contributed by atoms with van der Waals surface area (Å²) in [5, 5.41) is 2.97. The Bertz CT molecular complexity index is 588. The Morgan fingerprint density at radius 3 is 2.12 bits per heavy atom. The zero-order valence-electron chi connectivity index (χ0n) is 15.7. The highest BCUT2D eigenvalue weighted by atomic mass is 32.2. The van der Waals surface area contributed by atoms with Crippen molar-refractivity contribution in [3.8, 4) is 0 Å². The summed E-state index contributed by atoms with van der Waals surface area (Å²) in [6.45, 7) is 9.31. The van der Waals surface area contributed by atoms with Gasteiger partial charge >= 0.3 is 6.03 Å². The molecule has 0 unspecified atom stereocenters. The number of thioether (sulfide) groups is 1. The van der Waals surface area contributed by atoms with E-state index >= 15 is 0 Å². The second-order valence-electron chi connectivity index (χ2n) is 7.61. The van der Waals surface area contributed by atoms with Crippen molar-refractivity contribution in [2.75, 3.05) is 39.0 Å². The van der Waals surface area contributed by atoms with Crippen LogP contribution in [0.5, 0.6) is 0 Å². The maximum Gasteiger partial charge on any atom is 0.317 e. The summed E-state index contributed by atoms with van der Waals surface area (Å²) in [5.41, 5.74) is 1.10. The molecule has 1 aromatic rings. The van der Waals surface area contributed by atoms with Gasteiger partial charge in [-0.15, -0.1) is 11.8 Å². The molecule has 1 fully saturated rings. The van der Waals surface area contributed by atoms with E-state index in [0.717, 1.165) is 5.56 Å².